The van der Waals surface area contributed by atoms with E-state index in [-0.39, 0.29) is 0 Å². The fourth-order valence-electron chi connectivity index (χ4n) is 2.20. The number of hydrogen-bond donors (Lipinski definition) is 3. The molecule has 1 aromatic carbocycles. The second-order valence-corrected chi connectivity index (χ2v) is 4.16. The highest BCUT2D eigenvalue weighted by Crippen LogP contribution is 2.16. The van der Waals surface area contributed by atoms with Crippen molar-refractivity contribution in [2.75, 3.05) is 13.1 Å². The van der Waals surface area contributed by atoms with Crippen molar-refractivity contribution in [1.82, 2.24) is 10.9 Å². The van der Waals surface area contributed by atoms with Gasteiger partial charge in [-0.05, 0) is 30.9 Å². The molecular weight excluding hydrogens is 186 g/mol. The van der Waals surface area contributed by atoms with E-state index in [4.69, 9.17) is 5.73 Å². The maximum absolute atomic E-state index is 5.60. The molecule has 3 nitrogen and oxygen atoms in total. The van der Waals surface area contributed by atoms with Gasteiger partial charge < -0.3 is 5.73 Å². The van der Waals surface area contributed by atoms with E-state index < -0.39 is 0 Å². The number of nitrogens with two attached hydrogens (primary N) is 1. The van der Waals surface area contributed by atoms with Crippen LogP contribution in [0.2, 0.25) is 0 Å². The third-order valence-electron chi connectivity index (χ3n) is 3.04. The van der Waals surface area contributed by atoms with Gasteiger partial charge >= 0.3 is 0 Å². The second kappa shape index (κ2) is 5.26. The van der Waals surface area contributed by atoms with Crippen LogP contribution in [0.5, 0.6) is 0 Å². The highest BCUT2D eigenvalue weighted by Gasteiger charge is 2.25. The van der Waals surface area contributed by atoms with Gasteiger partial charge in [-0.15, -0.1) is 0 Å². The van der Waals surface area contributed by atoms with Gasteiger partial charge in [0.1, 0.15) is 0 Å². The molecule has 2 atom stereocenters. The molecule has 2 rings (SSSR count). The Morgan fingerprint density at radius 1 is 1.27 bits per heavy atom. The lowest BCUT2D eigenvalue weighted by molar-refractivity contribution is 0.433. The molecule has 3 heteroatoms. The van der Waals surface area contributed by atoms with E-state index in [2.05, 4.69) is 41.2 Å². The molecule has 0 saturated carbocycles. The van der Waals surface area contributed by atoms with E-state index in [1.807, 2.05) is 0 Å². The highest BCUT2D eigenvalue weighted by molar-refractivity contribution is 5.16. The third kappa shape index (κ3) is 2.78. The lowest BCUT2D eigenvalue weighted by Gasteiger charge is -2.17. The molecule has 82 valence electrons. The fourth-order valence-corrected chi connectivity index (χ4v) is 2.20. The minimum absolute atomic E-state index is 0.523. The molecule has 0 aliphatic carbocycles. The van der Waals surface area contributed by atoms with E-state index in [0.717, 1.165) is 25.9 Å². The predicted molar refractivity (Wildman–Crippen MR) is 62.2 cm³/mol. The number of benzene rings is 1. The summed E-state index contributed by atoms with van der Waals surface area (Å²) in [6, 6.07) is 11.2. The number of hydrazine groups is 1. The quantitative estimate of drug-likeness (QED) is 0.677. The molecule has 0 radical (unpaired) electrons. The molecule has 1 heterocycles. The Hall–Kier alpha value is -0.900. The molecule has 1 fully saturated rings. The summed E-state index contributed by atoms with van der Waals surface area (Å²) in [5, 5.41) is 0. The van der Waals surface area contributed by atoms with Crippen LogP contribution < -0.4 is 16.6 Å². The van der Waals surface area contributed by atoms with E-state index in [9.17, 15) is 0 Å². The standard InChI is InChI=1S/C12H19N3/c13-7-6-12-11(9-14-15-12)8-10-4-2-1-3-5-10/h1-5,11-12,14-15H,6-9,13H2. The normalized spacial score (nSPS) is 25.7. The molecule has 1 aliphatic rings. The summed E-state index contributed by atoms with van der Waals surface area (Å²) in [7, 11) is 0. The van der Waals surface area contributed by atoms with E-state index in [0.29, 0.717) is 12.0 Å². The maximum Gasteiger partial charge on any atom is 0.0269 e. The second-order valence-electron chi connectivity index (χ2n) is 4.16. The SMILES string of the molecule is NCCC1NNCC1Cc1ccccc1. The zero-order valence-corrected chi connectivity index (χ0v) is 8.95. The Morgan fingerprint density at radius 2 is 2.07 bits per heavy atom. The summed E-state index contributed by atoms with van der Waals surface area (Å²) in [5.41, 5.74) is 13.5. The van der Waals surface area contributed by atoms with Crippen molar-refractivity contribution in [3.05, 3.63) is 35.9 Å². The smallest absolute Gasteiger partial charge is 0.0269 e. The molecule has 4 N–H and O–H groups in total. The average molecular weight is 205 g/mol. The summed E-state index contributed by atoms with van der Waals surface area (Å²) in [4.78, 5) is 0. The van der Waals surface area contributed by atoms with Crippen molar-refractivity contribution in [1.29, 1.82) is 0 Å². The first-order chi connectivity index (χ1) is 7.40. The molecule has 1 saturated heterocycles. The minimum atomic E-state index is 0.523. The zero-order chi connectivity index (χ0) is 10.5. The Morgan fingerprint density at radius 3 is 2.80 bits per heavy atom. The number of nitrogens with one attached hydrogen (secondary N) is 2. The van der Waals surface area contributed by atoms with Crippen LogP contribution in [0.15, 0.2) is 30.3 Å². The van der Waals surface area contributed by atoms with Crippen LogP contribution in [0, 0.1) is 5.92 Å². The Balaban J connectivity index is 1.93. The molecule has 1 aliphatic heterocycles. The first kappa shape index (κ1) is 10.6. The maximum atomic E-state index is 5.60. The van der Waals surface area contributed by atoms with Crippen molar-refractivity contribution in [2.45, 2.75) is 18.9 Å². The van der Waals surface area contributed by atoms with Gasteiger partial charge in [0, 0.05) is 12.6 Å². The van der Waals surface area contributed by atoms with Crippen molar-refractivity contribution in [3.63, 3.8) is 0 Å². The molecule has 2 unspecified atom stereocenters. The fraction of sp³-hybridized carbons (Fsp3) is 0.500. The van der Waals surface area contributed by atoms with Crippen LogP contribution >= 0.6 is 0 Å². The van der Waals surface area contributed by atoms with E-state index in [1.165, 1.54) is 5.56 Å². The summed E-state index contributed by atoms with van der Waals surface area (Å²) >= 11 is 0. The van der Waals surface area contributed by atoms with Gasteiger partial charge in [-0.25, -0.2) is 0 Å². The number of rotatable bonds is 4. The molecule has 0 spiro atoms. The molecule has 15 heavy (non-hydrogen) atoms. The van der Waals surface area contributed by atoms with Crippen LogP contribution in [-0.4, -0.2) is 19.1 Å². The van der Waals surface area contributed by atoms with E-state index in [1.54, 1.807) is 0 Å². The monoisotopic (exact) mass is 205 g/mol. The van der Waals surface area contributed by atoms with Crippen molar-refractivity contribution >= 4 is 0 Å². The van der Waals surface area contributed by atoms with Crippen LogP contribution in [0.4, 0.5) is 0 Å². The van der Waals surface area contributed by atoms with Gasteiger partial charge in [-0.3, -0.25) is 10.9 Å². The van der Waals surface area contributed by atoms with Crippen LogP contribution in [-0.2, 0) is 6.42 Å². The van der Waals surface area contributed by atoms with Gasteiger partial charge in [0.05, 0.1) is 0 Å². The predicted octanol–water partition coefficient (Wildman–Crippen LogP) is 0.671. The topological polar surface area (TPSA) is 50.1 Å². The summed E-state index contributed by atoms with van der Waals surface area (Å²) in [6.45, 7) is 1.80. The van der Waals surface area contributed by atoms with Gasteiger partial charge in [-0.2, -0.15) is 0 Å². The van der Waals surface area contributed by atoms with Gasteiger partial charge in [-0.1, -0.05) is 30.3 Å². The molecule has 0 aromatic heterocycles. The Bertz CT molecular complexity index is 286. The van der Waals surface area contributed by atoms with Crippen LogP contribution in [0.25, 0.3) is 0 Å². The van der Waals surface area contributed by atoms with Crippen molar-refractivity contribution in [2.24, 2.45) is 11.7 Å². The Labute approximate surface area is 91.0 Å². The van der Waals surface area contributed by atoms with Crippen LogP contribution in [0.3, 0.4) is 0 Å². The Kier molecular flexibility index (Phi) is 3.72. The van der Waals surface area contributed by atoms with Gasteiger partial charge in [0.2, 0.25) is 0 Å². The number of hydrogen-bond acceptors (Lipinski definition) is 3. The van der Waals surface area contributed by atoms with Gasteiger partial charge in [0.25, 0.3) is 0 Å². The largest absolute Gasteiger partial charge is 0.330 e. The summed E-state index contributed by atoms with van der Waals surface area (Å²) in [5.74, 6) is 0.663. The molecule has 1 aromatic rings. The molecule has 0 bridgehead atoms. The summed E-state index contributed by atoms with van der Waals surface area (Å²) < 4.78 is 0. The van der Waals surface area contributed by atoms with Gasteiger partial charge in [0.15, 0.2) is 0 Å². The zero-order valence-electron chi connectivity index (χ0n) is 8.95. The van der Waals surface area contributed by atoms with Crippen molar-refractivity contribution < 1.29 is 0 Å². The average Bonchev–Trinajstić information content (AvgIpc) is 2.68. The highest BCUT2D eigenvalue weighted by atomic mass is 15.4. The van der Waals surface area contributed by atoms with Crippen LogP contribution in [0.1, 0.15) is 12.0 Å². The van der Waals surface area contributed by atoms with Crippen molar-refractivity contribution in [3.8, 4) is 0 Å². The first-order valence-electron chi connectivity index (χ1n) is 5.62. The lowest BCUT2D eigenvalue weighted by atomic mass is 9.92. The third-order valence-corrected chi connectivity index (χ3v) is 3.04. The summed E-state index contributed by atoms with van der Waals surface area (Å²) in [6.07, 6.45) is 2.18. The minimum Gasteiger partial charge on any atom is -0.330 e. The van der Waals surface area contributed by atoms with E-state index >= 15 is 0 Å². The lowest BCUT2D eigenvalue weighted by Crippen LogP contribution is -2.33. The first-order valence-corrected chi connectivity index (χ1v) is 5.62. The molecular formula is C12H19N3. The molecule has 0 amide bonds.